The first-order chi connectivity index (χ1) is 18.2. The highest BCUT2D eigenvalue weighted by atomic mass is 16.5. The zero-order chi connectivity index (χ0) is 27.4. The molecule has 4 aromatic rings. The highest BCUT2D eigenvalue weighted by Gasteiger charge is 2.18. The van der Waals surface area contributed by atoms with Crippen LogP contribution in [0.25, 0.3) is 10.9 Å². The van der Waals surface area contributed by atoms with E-state index in [1.165, 1.54) is 18.8 Å². The third-order valence-corrected chi connectivity index (χ3v) is 6.70. The van der Waals surface area contributed by atoms with E-state index in [1.54, 1.807) is 41.0 Å². The summed E-state index contributed by atoms with van der Waals surface area (Å²) in [6.07, 6.45) is 0.834. The number of nitrogens with one attached hydrogen (secondary N) is 1. The Bertz CT molecular complexity index is 1590. The number of carbonyl (C=O) groups is 1. The molecule has 38 heavy (non-hydrogen) atoms. The predicted octanol–water partition coefficient (Wildman–Crippen LogP) is 4.11. The third kappa shape index (κ3) is 5.49. The number of aromatic nitrogens is 2. The van der Waals surface area contributed by atoms with Crippen LogP contribution in [0.1, 0.15) is 47.3 Å². The number of amides is 1. The van der Waals surface area contributed by atoms with Crippen molar-refractivity contribution < 1.29 is 14.3 Å². The molecule has 0 fully saturated rings. The first-order valence-electron chi connectivity index (χ1n) is 12.6. The van der Waals surface area contributed by atoms with Gasteiger partial charge in [-0.3, -0.25) is 18.7 Å². The summed E-state index contributed by atoms with van der Waals surface area (Å²) in [4.78, 5) is 39.8. The van der Waals surface area contributed by atoms with E-state index in [-0.39, 0.29) is 25.0 Å². The van der Waals surface area contributed by atoms with E-state index in [0.29, 0.717) is 28.0 Å². The molecular formula is C30H33N3O5. The van der Waals surface area contributed by atoms with E-state index in [1.807, 2.05) is 45.0 Å². The van der Waals surface area contributed by atoms with Crippen LogP contribution in [0.2, 0.25) is 0 Å². The molecule has 8 heteroatoms. The predicted molar refractivity (Wildman–Crippen MR) is 149 cm³/mol. The van der Waals surface area contributed by atoms with Gasteiger partial charge in [0, 0.05) is 17.7 Å². The Morgan fingerprint density at radius 3 is 2.18 bits per heavy atom. The third-order valence-electron chi connectivity index (χ3n) is 6.70. The van der Waals surface area contributed by atoms with Crippen molar-refractivity contribution in [2.45, 2.75) is 46.3 Å². The number of nitrogens with zero attached hydrogens (tertiary/aromatic N) is 2. The average molecular weight is 516 g/mol. The molecule has 1 heterocycles. The molecule has 0 aliphatic heterocycles. The Balaban J connectivity index is 1.81. The molecule has 0 spiro atoms. The van der Waals surface area contributed by atoms with Gasteiger partial charge in [-0.05, 0) is 49.6 Å². The zero-order valence-electron chi connectivity index (χ0n) is 22.4. The topological polar surface area (TPSA) is 91.6 Å². The van der Waals surface area contributed by atoms with Crippen LogP contribution in [0.4, 0.5) is 0 Å². The Kier molecular flexibility index (Phi) is 8.00. The van der Waals surface area contributed by atoms with Crippen molar-refractivity contribution in [3.05, 3.63) is 104 Å². The van der Waals surface area contributed by atoms with Crippen LogP contribution in [0.3, 0.4) is 0 Å². The summed E-state index contributed by atoms with van der Waals surface area (Å²) in [6.45, 7) is 6.29. The van der Waals surface area contributed by atoms with Gasteiger partial charge in [0.1, 0.15) is 0 Å². The maximum atomic E-state index is 13.8. The van der Waals surface area contributed by atoms with Crippen molar-refractivity contribution in [1.82, 2.24) is 14.5 Å². The molecule has 0 radical (unpaired) electrons. The van der Waals surface area contributed by atoms with Crippen LogP contribution in [0.5, 0.6) is 11.5 Å². The number of methoxy groups -OCH3 is 2. The lowest BCUT2D eigenvalue weighted by Gasteiger charge is -2.17. The van der Waals surface area contributed by atoms with Gasteiger partial charge in [-0.25, -0.2) is 4.79 Å². The molecule has 198 valence electrons. The fourth-order valence-corrected chi connectivity index (χ4v) is 4.38. The Labute approximate surface area is 221 Å². The van der Waals surface area contributed by atoms with Gasteiger partial charge in [-0.1, -0.05) is 48.9 Å². The lowest BCUT2D eigenvalue weighted by atomic mass is 10.1. The standard InChI is InChI=1S/C30H33N3O5/c1-6-20(3)31-28(34)23-12-10-21(11-13-23)17-33-29(35)24-15-26(37-4)27(38-5)16-25(24)32(30(33)36)18-22-9-7-8-19(2)14-22/h7-16,20H,6,17-18H2,1-5H3,(H,31,34). The molecule has 0 bridgehead atoms. The van der Waals surface area contributed by atoms with Crippen molar-refractivity contribution in [1.29, 1.82) is 0 Å². The van der Waals surface area contributed by atoms with Gasteiger partial charge in [0.15, 0.2) is 11.5 Å². The molecule has 1 N–H and O–H groups in total. The quantitative estimate of drug-likeness (QED) is 0.362. The average Bonchev–Trinajstić information content (AvgIpc) is 2.92. The largest absolute Gasteiger partial charge is 0.493 e. The number of ether oxygens (including phenoxy) is 2. The van der Waals surface area contributed by atoms with Crippen LogP contribution >= 0.6 is 0 Å². The summed E-state index contributed by atoms with van der Waals surface area (Å²) < 4.78 is 13.7. The summed E-state index contributed by atoms with van der Waals surface area (Å²) in [6, 6.07) is 18.2. The van der Waals surface area contributed by atoms with Crippen molar-refractivity contribution in [3.63, 3.8) is 0 Å². The van der Waals surface area contributed by atoms with E-state index in [2.05, 4.69) is 5.32 Å². The summed E-state index contributed by atoms with van der Waals surface area (Å²) in [5.41, 5.74) is 2.86. The molecule has 1 amide bonds. The number of rotatable bonds is 9. The number of aryl methyl sites for hydroxylation is 1. The molecule has 0 aliphatic rings. The van der Waals surface area contributed by atoms with E-state index >= 15 is 0 Å². The molecule has 1 atom stereocenters. The van der Waals surface area contributed by atoms with Crippen molar-refractivity contribution >= 4 is 16.8 Å². The Morgan fingerprint density at radius 1 is 0.895 bits per heavy atom. The van der Waals surface area contributed by atoms with E-state index in [4.69, 9.17) is 9.47 Å². The molecular weight excluding hydrogens is 482 g/mol. The fourth-order valence-electron chi connectivity index (χ4n) is 4.38. The van der Waals surface area contributed by atoms with Crippen molar-refractivity contribution in [2.75, 3.05) is 14.2 Å². The monoisotopic (exact) mass is 515 g/mol. The minimum Gasteiger partial charge on any atom is -0.493 e. The highest BCUT2D eigenvalue weighted by molar-refractivity contribution is 5.94. The minimum absolute atomic E-state index is 0.0586. The number of hydrogen-bond acceptors (Lipinski definition) is 5. The van der Waals surface area contributed by atoms with E-state index < -0.39 is 11.2 Å². The smallest absolute Gasteiger partial charge is 0.332 e. The zero-order valence-corrected chi connectivity index (χ0v) is 22.4. The van der Waals surface area contributed by atoms with Crippen LogP contribution < -0.4 is 26.0 Å². The van der Waals surface area contributed by atoms with Gasteiger partial charge < -0.3 is 14.8 Å². The number of carbonyl (C=O) groups excluding carboxylic acids is 1. The van der Waals surface area contributed by atoms with Crippen LogP contribution in [-0.4, -0.2) is 35.3 Å². The summed E-state index contributed by atoms with van der Waals surface area (Å²) in [7, 11) is 3.02. The van der Waals surface area contributed by atoms with Crippen molar-refractivity contribution in [3.8, 4) is 11.5 Å². The minimum atomic E-state index is -0.435. The van der Waals surface area contributed by atoms with Gasteiger partial charge >= 0.3 is 5.69 Å². The first kappa shape index (κ1) is 26.7. The molecule has 1 aromatic heterocycles. The second-order valence-electron chi connectivity index (χ2n) is 9.45. The maximum absolute atomic E-state index is 13.8. The van der Waals surface area contributed by atoms with Crippen molar-refractivity contribution in [2.24, 2.45) is 0 Å². The second-order valence-corrected chi connectivity index (χ2v) is 9.45. The molecule has 1 unspecified atom stereocenters. The van der Waals surface area contributed by atoms with E-state index in [9.17, 15) is 14.4 Å². The number of fused-ring (bicyclic) bond motifs is 1. The van der Waals surface area contributed by atoms with E-state index in [0.717, 1.165) is 23.1 Å². The molecule has 3 aromatic carbocycles. The van der Waals surface area contributed by atoms with Crippen LogP contribution in [0, 0.1) is 6.92 Å². The van der Waals surface area contributed by atoms with Gasteiger partial charge in [0.05, 0.1) is 38.2 Å². The van der Waals surface area contributed by atoms with Gasteiger partial charge in [-0.2, -0.15) is 0 Å². The molecule has 0 saturated heterocycles. The second kappa shape index (κ2) is 11.4. The van der Waals surface area contributed by atoms with Gasteiger partial charge in [-0.15, -0.1) is 0 Å². The molecule has 8 nitrogen and oxygen atoms in total. The molecule has 0 aliphatic carbocycles. The SMILES string of the molecule is CCC(C)NC(=O)c1ccc(Cn2c(=O)c3cc(OC)c(OC)cc3n(Cc3cccc(C)c3)c2=O)cc1. The van der Waals surface area contributed by atoms with Crippen LogP contribution in [-0.2, 0) is 13.1 Å². The summed E-state index contributed by atoms with van der Waals surface area (Å²) in [5, 5.41) is 3.29. The summed E-state index contributed by atoms with van der Waals surface area (Å²) >= 11 is 0. The normalized spacial score (nSPS) is 11.8. The fraction of sp³-hybridized carbons (Fsp3) is 0.300. The molecule has 0 saturated carbocycles. The first-order valence-corrected chi connectivity index (χ1v) is 12.6. The number of benzene rings is 3. The number of hydrogen-bond donors (Lipinski definition) is 1. The van der Waals surface area contributed by atoms with Crippen LogP contribution in [0.15, 0.2) is 70.3 Å². The highest BCUT2D eigenvalue weighted by Crippen LogP contribution is 2.30. The lowest BCUT2D eigenvalue weighted by Crippen LogP contribution is -2.40. The Hall–Kier alpha value is -4.33. The van der Waals surface area contributed by atoms with Gasteiger partial charge in [0.25, 0.3) is 11.5 Å². The lowest BCUT2D eigenvalue weighted by molar-refractivity contribution is 0.0939. The molecule has 4 rings (SSSR count). The Morgan fingerprint density at radius 2 is 1.55 bits per heavy atom. The summed E-state index contributed by atoms with van der Waals surface area (Å²) in [5.74, 6) is 0.678. The van der Waals surface area contributed by atoms with Gasteiger partial charge in [0.2, 0.25) is 0 Å². The maximum Gasteiger partial charge on any atom is 0.332 e.